The molecular weight excluding hydrogens is 210 g/mol. The Balaban J connectivity index is 1.98. The maximum absolute atomic E-state index is 3.71. The summed E-state index contributed by atoms with van der Waals surface area (Å²) in [6.07, 6.45) is 5.70. The van der Waals surface area contributed by atoms with E-state index in [1.807, 2.05) is 0 Å². The van der Waals surface area contributed by atoms with Crippen LogP contribution in [0.3, 0.4) is 0 Å². The molecule has 1 unspecified atom stereocenters. The first kappa shape index (κ1) is 13.3. The summed E-state index contributed by atoms with van der Waals surface area (Å²) < 4.78 is 0. The molecule has 100 valence electrons. The second-order valence-corrected chi connectivity index (χ2v) is 6.74. The van der Waals surface area contributed by atoms with Gasteiger partial charge in [-0.3, -0.25) is 4.90 Å². The fraction of sp³-hybridized carbons (Fsp3) is 1.00. The zero-order valence-corrected chi connectivity index (χ0v) is 12.0. The zero-order valence-electron chi connectivity index (χ0n) is 12.0. The second kappa shape index (κ2) is 5.25. The van der Waals surface area contributed by atoms with E-state index in [2.05, 4.69) is 43.1 Å². The van der Waals surface area contributed by atoms with Gasteiger partial charge in [-0.15, -0.1) is 0 Å². The van der Waals surface area contributed by atoms with Crippen molar-refractivity contribution in [1.29, 1.82) is 0 Å². The van der Waals surface area contributed by atoms with Crippen LogP contribution in [0.25, 0.3) is 0 Å². The highest BCUT2D eigenvalue weighted by atomic mass is 15.3. The van der Waals surface area contributed by atoms with Crippen molar-refractivity contribution in [3.05, 3.63) is 0 Å². The van der Waals surface area contributed by atoms with Crippen LogP contribution in [0.5, 0.6) is 0 Å². The summed E-state index contributed by atoms with van der Waals surface area (Å²) in [6, 6.07) is 1.48. The molecule has 1 N–H and O–H groups in total. The molecule has 1 saturated carbocycles. The Hall–Kier alpha value is -0.120. The van der Waals surface area contributed by atoms with Crippen LogP contribution in [0.2, 0.25) is 0 Å². The van der Waals surface area contributed by atoms with Gasteiger partial charge in [0.25, 0.3) is 0 Å². The quantitative estimate of drug-likeness (QED) is 0.806. The van der Waals surface area contributed by atoms with Crippen molar-refractivity contribution in [3.8, 4) is 0 Å². The van der Waals surface area contributed by atoms with E-state index in [0.717, 1.165) is 19.1 Å². The molecule has 17 heavy (non-hydrogen) atoms. The lowest BCUT2D eigenvalue weighted by molar-refractivity contribution is 0.0223. The van der Waals surface area contributed by atoms with Crippen LogP contribution in [0.1, 0.15) is 39.5 Å². The van der Waals surface area contributed by atoms with Crippen molar-refractivity contribution < 1.29 is 0 Å². The van der Waals surface area contributed by atoms with Gasteiger partial charge in [-0.1, -0.05) is 12.8 Å². The van der Waals surface area contributed by atoms with E-state index < -0.39 is 0 Å². The normalized spacial score (nSPS) is 31.2. The number of hydrogen-bond donors (Lipinski definition) is 1. The minimum Gasteiger partial charge on any atom is -0.310 e. The highest BCUT2D eigenvalue weighted by Crippen LogP contribution is 2.30. The molecule has 1 saturated heterocycles. The third-order valence-electron chi connectivity index (χ3n) is 4.37. The topological polar surface area (TPSA) is 18.5 Å². The van der Waals surface area contributed by atoms with Crippen LogP contribution < -0.4 is 5.32 Å². The molecule has 1 aliphatic heterocycles. The van der Waals surface area contributed by atoms with E-state index >= 15 is 0 Å². The van der Waals surface area contributed by atoms with Crippen LogP contribution in [0, 0.1) is 0 Å². The molecule has 3 heteroatoms. The van der Waals surface area contributed by atoms with Gasteiger partial charge in [0.05, 0.1) is 0 Å². The van der Waals surface area contributed by atoms with Crippen LogP contribution in [-0.4, -0.2) is 61.2 Å². The Morgan fingerprint density at radius 2 is 1.88 bits per heavy atom. The lowest BCUT2D eigenvalue weighted by Gasteiger charge is -2.49. The lowest BCUT2D eigenvalue weighted by Crippen LogP contribution is -2.65. The number of rotatable bonds is 3. The number of piperazine rings is 1. The standard InChI is InChI=1S/C14H29N3/c1-14(2)11-15-12(9-16(3)4)10-17(14)13-7-5-6-8-13/h12-13,15H,5-11H2,1-4H3. The summed E-state index contributed by atoms with van der Waals surface area (Å²) in [7, 11) is 4.34. The fourth-order valence-corrected chi connectivity index (χ4v) is 3.47. The Bertz CT molecular complexity index is 244. The molecule has 0 aromatic rings. The average Bonchev–Trinajstić information content (AvgIpc) is 2.73. The van der Waals surface area contributed by atoms with Crippen molar-refractivity contribution in [1.82, 2.24) is 15.1 Å². The maximum atomic E-state index is 3.71. The molecule has 3 nitrogen and oxygen atoms in total. The zero-order chi connectivity index (χ0) is 12.5. The lowest BCUT2D eigenvalue weighted by atomic mass is 9.94. The first-order chi connectivity index (χ1) is 7.99. The molecule has 0 amide bonds. The largest absolute Gasteiger partial charge is 0.310 e. The summed E-state index contributed by atoms with van der Waals surface area (Å²) >= 11 is 0. The van der Waals surface area contributed by atoms with Crippen LogP contribution >= 0.6 is 0 Å². The van der Waals surface area contributed by atoms with Crippen molar-refractivity contribution in [2.45, 2.75) is 57.2 Å². The number of hydrogen-bond acceptors (Lipinski definition) is 3. The van der Waals surface area contributed by atoms with Gasteiger partial charge >= 0.3 is 0 Å². The summed E-state index contributed by atoms with van der Waals surface area (Å²) in [5.74, 6) is 0. The van der Waals surface area contributed by atoms with Gasteiger partial charge in [0.2, 0.25) is 0 Å². The predicted octanol–water partition coefficient (Wildman–Crippen LogP) is 1.54. The van der Waals surface area contributed by atoms with Gasteiger partial charge in [-0.25, -0.2) is 0 Å². The van der Waals surface area contributed by atoms with E-state index in [0.29, 0.717) is 11.6 Å². The Labute approximate surface area is 107 Å². The summed E-state index contributed by atoms with van der Waals surface area (Å²) in [5, 5.41) is 3.71. The SMILES string of the molecule is CN(C)CC1CN(C2CCCC2)C(C)(C)CN1. The van der Waals surface area contributed by atoms with Crippen molar-refractivity contribution in [2.24, 2.45) is 0 Å². The highest BCUT2D eigenvalue weighted by Gasteiger charge is 2.38. The maximum Gasteiger partial charge on any atom is 0.0323 e. The molecule has 1 atom stereocenters. The molecule has 0 aromatic carbocycles. The molecule has 0 aromatic heterocycles. The molecule has 0 radical (unpaired) electrons. The van der Waals surface area contributed by atoms with Crippen molar-refractivity contribution in [3.63, 3.8) is 0 Å². The van der Waals surface area contributed by atoms with Crippen LogP contribution in [0.4, 0.5) is 0 Å². The monoisotopic (exact) mass is 239 g/mol. The Morgan fingerprint density at radius 1 is 1.24 bits per heavy atom. The minimum atomic E-state index is 0.331. The smallest absolute Gasteiger partial charge is 0.0323 e. The van der Waals surface area contributed by atoms with Gasteiger partial charge in [-0.2, -0.15) is 0 Å². The molecular formula is C14H29N3. The molecule has 2 rings (SSSR count). The minimum absolute atomic E-state index is 0.331. The van der Waals surface area contributed by atoms with Gasteiger partial charge in [0, 0.05) is 37.3 Å². The second-order valence-electron chi connectivity index (χ2n) is 6.74. The number of nitrogens with zero attached hydrogens (tertiary/aromatic N) is 2. The molecule has 0 spiro atoms. The van der Waals surface area contributed by atoms with Crippen LogP contribution in [-0.2, 0) is 0 Å². The molecule has 0 bridgehead atoms. The van der Waals surface area contributed by atoms with E-state index in [-0.39, 0.29) is 0 Å². The molecule has 1 aliphatic carbocycles. The highest BCUT2D eigenvalue weighted by molar-refractivity contribution is 4.97. The summed E-state index contributed by atoms with van der Waals surface area (Å²) in [5.41, 5.74) is 0.331. The fourth-order valence-electron chi connectivity index (χ4n) is 3.47. The number of nitrogens with one attached hydrogen (secondary N) is 1. The summed E-state index contributed by atoms with van der Waals surface area (Å²) in [4.78, 5) is 5.08. The van der Waals surface area contributed by atoms with E-state index in [1.165, 1.54) is 32.2 Å². The van der Waals surface area contributed by atoms with E-state index in [9.17, 15) is 0 Å². The van der Waals surface area contributed by atoms with E-state index in [1.54, 1.807) is 0 Å². The molecule has 1 heterocycles. The summed E-state index contributed by atoms with van der Waals surface area (Å²) in [6.45, 7) is 8.28. The third-order valence-corrected chi connectivity index (χ3v) is 4.37. The molecule has 2 fully saturated rings. The Morgan fingerprint density at radius 3 is 2.47 bits per heavy atom. The predicted molar refractivity (Wildman–Crippen MR) is 73.4 cm³/mol. The molecule has 2 aliphatic rings. The van der Waals surface area contributed by atoms with Gasteiger partial charge in [0.1, 0.15) is 0 Å². The Kier molecular flexibility index (Phi) is 4.11. The van der Waals surface area contributed by atoms with Crippen LogP contribution in [0.15, 0.2) is 0 Å². The van der Waals surface area contributed by atoms with Crippen molar-refractivity contribution >= 4 is 0 Å². The van der Waals surface area contributed by atoms with E-state index in [4.69, 9.17) is 0 Å². The van der Waals surface area contributed by atoms with Gasteiger partial charge in [0.15, 0.2) is 0 Å². The van der Waals surface area contributed by atoms with Crippen molar-refractivity contribution in [2.75, 3.05) is 33.7 Å². The first-order valence-corrected chi connectivity index (χ1v) is 7.14. The van der Waals surface area contributed by atoms with Gasteiger partial charge in [-0.05, 0) is 40.8 Å². The first-order valence-electron chi connectivity index (χ1n) is 7.14. The van der Waals surface area contributed by atoms with Gasteiger partial charge < -0.3 is 10.2 Å². The third kappa shape index (κ3) is 3.21. The average molecular weight is 239 g/mol. The number of likely N-dealkylation sites (N-methyl/N-ethyl adjacent to an activating group) is 1.